The zero-order valence-corrected chi connectivity index (χ0v) is 10.8. The van der Waals surface area contributed by atoms with E-state index in [0.717, 1.165) is 5.56 Å². The zero-order chi connectivity index (χ0) is 13.9. The summed E-state index contributed by atoms with van der Waals surface area (Å²) in [5.41, 5.74) is 1.90. The SMILES string of the molecule is Cc1ccc2c(c1)C(=O)C1(N2)OC(=O)c2ccccc21. The molecule has 1 unspecified atom stereocenters. The van der Waals surface area contributed by atoms with E-state index in [4.69, 9.17) is 4.74 Å². The third-order valence-corrected chi connectivity index (χ3v) is 3.82. The Hall–Kier alpha value is -2.62. The van der Waals surface area contributed by atoms with Crippen LogP contribution in [0.1, 0.15) is 31.8 Å². The first-order valence-electron chi connectivity index (χ1n) is 6.38. The van der Waals surface area contributed by atoms with E-state index in [9.17, 15) is 9.59 Å². The van der Waals surface area contributed by atoms with Crippen LogP contribution in [-0.4, -0.2) is 11.8 Å². The van der Waals surface area contributed by atoms with Crippen molar-refractivity contribution >= 4 is 17.4 Å². The van der Waals surface area contributed by atoms with Gasteiger partial charge in [0, 0.05) is 16.8 Å². The van der Waals surface area contributed by atoms with Gasteiger partial charge in [0.15, 0.2) is 0 Å². The lowest BCUT2D eigenvalue weighted by atomic mass is 9.95. The quantitative estimate of drug-likeness (QED) is 0.744. The summed E-state index contributed by atoms with van der Waals surface area (Å²) in [4.78, 5) is 24.7. The molecule has 1 spiro atoms. The number of nitrogens with one attached hydrogen (secondary N) is 1. The van der Waals surface area contributed by atoms with Gasteiger partial charge >= 0.3 is 5.97 Å². The molecule has 2 aromatic rings. The Labute approximate surface area is 115 Å². The van der Waals surface area contributed by atoms with Crippen molar-refractivity contribution in [3.63, 3.8) is 0 Å². The van der Waals surface area contributed by atoms with Crippen molar-refractivity contribution in [2.45, 2.75) is 12.6 Å². The Morgan fingerprint density at radius 2 is 1.85 bits per heavy atom. The van der Waals surface area contributed by atoms with Crippen molar-refractivity contribution in [1.82, 2.24) is 0 Å². The molecule has 0 radical (unpaired) electrons. The fourth-order valence-electron chi connectivity index (χ4n) is 2.87. The van der Waals surface area contributed by atoms with E-state index in [-0.39, 0.29) is 5.78 Å². The molecule has 20 heavy (non-hydrogen) atoms. The number of esters is 1. The Balaban J connectivity index is 1.94. The van der Waals surface area contributed by atoms with Crippen LogP contribution in [-0.2, 0) is 10.5 Å². The summed E-state index contributed by atoms with van der Waals surface area (Å²) in [5.74, 6) is -0.680. The molecule has 98 valence electrons. The van der Waals surface area contributed by atoms with Crippen molar-refractivity contribution in [3.8, 4) is 0 Å². The van der Waals surface area contributed by atoms with Crippen molar-refractivity contribution in [1.29, 1.82) is 0 Å². The number of benzene rings is 2. The number of fused-ring (bicyclic) bond motifs is 3. The van der Waals surface area contributed by atoms with Crippen LogP contribution in [0.25, 0.3) is 0 Å². The minimum absolute atomic E-state index is 0.213. The predicted octanol–water partition coefficient (Wildman–Crippen LogP) is 2.63. The average molecular weight is 265 g/mol. The lowest BCUT2D eigenvalue weighted by molar-refractivity contribution is 0.0111. The normalized spacial score (nSPS) is 22.4. The number of Topliss-reactive ketones (excluding diaryl/α,β-unsaturated/α-hetero) is 1. The Kier molecular flexibility index (Phi) is 1.95. The monoisotopic (exact) mass is 265 g/mol. The van der Waals surface area contributed by atoms with E-state index >= 15 is 0 Å². The highest BCUT2D eigenvalue weighted by atomic mass is 16.6. The highest BCUT2D eigenvalue weighted by molar-refractivity contribution is 6.16. The number of carbonyl (C=O) groups is 2. The van der Waals surface area contributed by atoms with Crippen LogP contribution in [0.15, 0.2) is 42.5 Å². The molecule has 1 N–H and O–H groups in total. The lowest BCUT2D eigenvalue weighted by Gasteiger charge is -2.22. The summed E-state index contributed by atoms with van der Waals surface area (Å²) in [6, 6.07) is 12.6. The number of carbonyl (C=O) groups excluding carboxylic acids is 2. The first-order valence-corrected chi connectivity index (χ1v) is 6.38. The second-order valence-electron chi connectivity index (χ2n) is 5.12. The summed E-state index contributed by atoms with van der Waals surface area (Å²) < 4.78 is 5.42. The van der Waals surface area contributed by atoms with Gasteiger partial charge in [0.25, 0.3) is 5.72 Å². The van der Waals surface area contributed by atoms with Crippen LogP contribution in [0.4, 0.5) is 5.69 Å². The van der Waals surface area contributed by atoms with E-state index in [2.05, 4.69) is 5.32 Å². The van der Waals surface area contributed by atoms with Crippen LogP contribution >= 0.6 is 0 Å². The fourth-order valence-corrected chi connectivity index (χ4v) is 2.87. The smallest absolute Gasteiger partial charge is 0.341 e. The number of ether oxygens (including phenoxy) is 1. The molecule has 1 atom stereocenters. The third kappa shape index (κ3) is 1.20. The number of anilines is 1. The molecule has 4 rings (SSSR count). The molecular weight excluding hydrogens is 254 g/mol. The van der Waals surface area contributed by atoms with Gasteiger partial charge in [-0.3, -0.25) is 4.79 Å². The van der Waals surface area contributed by atoms with E-state index in [1.54, 1.807) is 24.3 Å². The maximum atomic E-state index is 12.7. The van der Waals surface area contributed by atoms with Crippen LogP contribution in [0.2, 0.25) is 0 Å². The molecule has 2 aliphatic heterocycles. The number of rotatable bonds is 0. The summed E-state index contributed by atoms with van der Waals surface area (Å²) in [6.07, 6.45) is 0. The van der Waals surface area contributed by atoms with E-state index < -0.39 is 11.7 Å². The first kappa shape index (κ1) is 11.2. The van der Waals surface area contributed by atoms with Gasteiger partial charge in [-0.05, 0) is 25.1 Å². The molecule has 0 fully saturated rings. The highest BCUT2D eigenvalue weighted by Crippen LogP contribution is 2.45. The molecule has 4 heteroatoms. The fraction of sp³-hybridized carbons (Fsp3) is 0.125. The minimum atomic E-state index is -1.39. The predicted molar refractivity (Wildman–Crippen MR) is 72.7 cm³/mol. The standard InChI is InChI=1S/C16H11NO3/c1-9-6-7-13-11(8-9)14(18)16(17-13)12-5-3-2-4-10(12)15(19)20-16/h2-8,17H,1H3. The zero-order valence-electron chi connectivity index (χ0n) is 10.8. The van der Waals surface area contributed by atoms with Gasteiger partial charge in [-0.1, -0.05) is 29.8 Å². The van der Waals surface area contributed by atoms with Crippen molar-refractivity contribution in [2.24, 2.45) is 0 Å². The molecule has 0 aliphatic carbocycles. The third-order valence-electron chi connectivity index (χ3n) is 3.82. The minimum Gasteiger partial charge on any atom is -0.423 e. The summed E-state index contributed by atoms with van der Waals surface area (Å²) in [7, 11) is 0. The average Bonchev–Trinajstić information content (AvgIpc) is 2.89. The Morgan fingerprint density at radius 1 is 1.05 bits per heavy atom. The molecule has 2 aliphatic rings. The molecule has 0 aromatic heterocycles. The summed E-state index contributed by atoms with van der Waals surface area (Å²) in [6.45, 7) is 1.92. The van der Waals surface area contributed by atoms with Crippen LogP contribution < -0.4 is 5.32 Å². The lowest BCUT2D eigenvalue weighted by Crippen LogP contribution is -2.38. The van der Waals surface area contributed by atoms with Gasteiger partial charge in [-0.25, -0.2) is 4.79 Å². The summed E-state index contributed by atoms with van der Waals surface area (Å²) >= 11 is 0. The second-order valence-corrected chi connectivity index (χ2v) is 5.12. The van der Waals surface area contributed by atoms with Crippen molar-refractivity contribution < 1.29 is 14.3 Å². The van der Waals surface area contributed by atoms with E-state index in [1.165, 1.54) is 0 Å². The number of hydrogen-bond donors (Lipinski definition) is 1. The molecule has 0 saturated heterocycles. The Morgan fingerprint density at radius 3 is 2.70 bits per heavy atom. The topological polar surface area (TPSA) is 55.4 Å². The molecule has 4 nitrogen and oxygen atoms in total. The summed E-state index contributed by atoms with van der Waals surface area (Å²) in [5, 5.41) is 3.08. The van der Waals surface area contributed by atoms with Crippen LogP contribution in [0.3, 0.4) is 0 Å². The van der Waals surface area contributed by atoms with Crippen molar-refractivity contribution in [3.05, 3.63) is 64.7 Å². The van der Waals surface area contributed by atoms with E-state index in [1.807, 2.05) is 25.1 Å². The van der Waals surface area contributed by atoms with Gasteiger partial charge in [-0.2, -0.15) is 0 Å². The first-order chi connectivity index (χ1) is 9.62. The molecule has 2 heterocycles. The molecule has 0 saturated carbocycles. The van der Waals surface area contributed by atoms with E-state index in [0.29, 0.717) is 22.4 Å². The van der Waals surface area contributed by atoms with Crippen molar-refractivity contribution in [2.75, 3.05) is 5.32 Å². The highest BCUT2D eigenvalue weighted by Gasteiger charge is 2.56. The second kappa shape index (κ2) is 3.48. The maximum absolute atomic E-state index is 12.7. The molecular formula is C16H11NO3. The van der Waals surface area contributed by atoms with Crippen LogP contribution in [0, 0.1) is 6.92 Å². The number of aryl methyl sites for hydroxylation is 1. The van der Waals surface area contributed by atoms with Crippen LogP contribution in [0.5, 0.6) is 0 Å². The van der Waals surface area contributed by atoms with Gasteiger partial charge in [0.05, 0.1) is 5.56 Å². The Bertz CT molecular complexity index is 781. The van der Waals surface area contributed by atoms with Gasteiger partial charge in [-0.15, -0.1) is 0 Å². The van der Waals surface area contributed by atoms with Gasteiger partial charge < -0.3 is 10.1 Å². The molecule has 2 aromatic carbocycles. The molecule has 0 bridgehead atoms. The molecule has 0 amide bonds. The number of hydrogen-bond acceptors (Lipinski definition) is 4. The number of ketones is 1. The van der Waals surface area contributed by atoms with Gasteiger partial charge in [0.2, 0.25) is 5.78 Å². The largest absolute Gasteiger partial charge is 0.423 e. The van der Waals surface area contributed by atoms with Gasteiger partial charge in [0.1, 0.15) is 0 Å². The maximum Gasteiger partial charge on any atom is 0.341 e.